The van der Waals surface area contributed by atoms with E-state index in [0.717, 1.165) is 24.2 Å². The van der Waals surface area contributed by atoms with E-state index in [1.54, 1.807) is 0 Å². The number of rotatable bonds is 6. The lowest BCUT2D eigenvalue weighted by atomic mass is 9.75. The third-order valence-corrected chi connectivity index (χ3v) is 4.38. The van der Waals surface area contributed by atoms with Crippen LogP contribution in [0.4, 0.5) is 13.9 Å². The van der Waals surface area contributed by atoms with Gasteiger partial charge in [-0.1, -0.05) is 24.7 Å². The van der Waals surface area contributed by atoms with Crippen LogP contribution in [0.15, 0.2) is 0 Å². The van der Waals surface area contributed by atoms with Crippen LogP contribution in [0.5, 0.6) is 0 Å². The number of nitrogens with zero attached hydrogens (tertiary/aromatic N) is 2. The Morgan fingerprint density at radius 3 is 2.75 bits per heavy atom. The molecule has 1 aliphatic rings. The first-order valence-corrected chi connectivity index (χ1v) is 7.45. The summed E-state index contributed by atoms with van der Waals surface area (Å²) in [6.45, 7) is 2.03. The fourth-order valence-corrected chi connectivity index (χ4v) is 2.72. The van der Waals surface area contributed by atoms with Gasteiger partial charge in [0.2, 0.25) is 5.13 Å². The number of aryl methyl sites for hydroxylation is 1. The first-order valence-electron chi connectivity index (χ1n) is 6.63. The lowest BCUT2D eigenvalue weighted by Gasteiger charge is -2.41. The Kier molecular flexibility index (Phi) is 4.33. The molecular weight excluding hydrogens is 288 g/mol. The van der Waals surface area contributed by atoms with E-state index in [-0.39, 0.29) is 18.0 Å². The van der Waals surface area contributed by atoms with Crippen molar-refractivity contribution in [2.45, 2.75) is 57.0 Å². The van der Waals surface area contributed by atoms with Crippen LogP contribution in [0.1, 0.15) is 44.0 Å². The number of halogens is 2. The Morgan fingerprint density at radius 2 is 2.20 bits per heavy atom. The van der Waals surface area contributed by atoms with E-state index < -0.39 is 17.4 Å². The first kappa shape index (κ1) is 15.2. The molecule has 0 aliphatic heterocycles. The maximum Gasteiger partial charge on any atom is 0.352 e. The number of aliphatic hydroxyl groups is 1. The number of amides is 1. The van der Waals surface area contributed by atoms with Crippen LogP contribution in [-0.4, -0.2) is 32.7 Å². The highest BCUT2D eigenvalue weighted by molar-refractivity contribution is 7.15. The van der Waals surface area contributed by atoms with Gasteiger partial charge in [0.1, 0.15) is 10.6 Å². The Labute approximate surface area is 119 Å². The monoisotopic (exact) mass is 305 g/mol. The normalized spacial score (nSPS) is 17.6. The van der Waals surface area contributed by atoms with Gasteiger partial charge in [-0.3, -0.25) is 10.1 Å². The number of aromatic nitrogens is 2. The summed E-state index contributed by atoms with van der Waals surface area (Å²) in [6, 6.07) is 0. The van der Waals surface area contributed by atoms with Crippen LogP contribution >= 0.6 is 11.3 Å². The smallest absolute Gasteiger partial charge is 0.352 e. The van der Waals surface area contributed by atoms with Crippen LogP contribution in [0, 0.1) is 0 Å². The summed E-state index contributed by atoms with van der Waals surface area (Å²) in [5.74, 6) is -5.32. The van der Waals surface area contributed by atoms with E-state index in [0.29, 0.717) is 17.8 Å². The summed E-state index contributed by atoms with van der Waals surface area (Å²) in [6.07, 6.45) is 3.01. The number of carbonyl (C=O) groups is 1. The summed E-state index contributed by atoms with van der Waals surface area (Å²) in [5, 5.41) is 20.0. The van der Waals surface area contributed by atoms with Crippen LogP contribution in [0.25, 0.3) is 0 Å². The van der Waals surface area contributed by atoms with Crippen molar-refractivity contribution in [3.63, 3.8) is 0 Å². The van der Waals surface area contributed by atoms with Gasteiger partial charge in [0.15, 0.2) is 0 Å². The minimum absolute atomic E-state index is 0.0451. The van der Waals surface area contributed by atoms with Gasteiger partial charge in [0.25, 0.3) is 5.91 Å². The summed E-state index contributed by atoms with van der Waals surface area (Å²) in [4.78, 5) is 11.6. The largest absolute Gasteiger partial charge is 0.383 e. The van der Waals surface area contributed by atoms with Gasteiger partial charge in [0.05, 0.1) is 0 Å². The predicted molar refractivity (Wildman–Crippen MR) is 70.9 cm³/mol. The highest BCUT2D eigenvalue weighted by Gasteiger charge is 2.61. The predicted octanol–water partition coefficient (Wildman–Crippen LogP) is 2.37. The zero-order chi connectivity index (χ0) is 14.8. The van der Waals surface area contributed by atoms with Crippen LogP contribution in [0.3, 0.4) is 0 Å². The highest BCUT2D eigenvalue weighted by Crippen LogP contribution is 2.44. The van der Waals surface area contributed by atoms with Crippen molar-refractivity contribution in [3.05, 3.63) is 5.01 Å². The molecule has 20 heavy (non-hydrogen) atoms. The molecule has 0 spiro atoms. The van der Waals surface area contributed by atoms with Crippen LogP contribution in [-0.2, 0) is 11.2 Å². The Morgan fingerprint density at radius 1 is 1.50 bits per heavy atom. The van der Waals surface area contributed by atoms with Crippen molar-refractivity contribution >= 4 is 22.4 Å². The van der Waals surface area contributed by atoms with Gasteiger partial charge < -0.3 is 5.11 Å². The van der Waals surface area contributed by atoms with Crippen LogP contribution in [0.2, 0.25) is 0 Å². The van der Waals surface area contributed by atoms with E-state index in [4.69, 9.17) is 0 Å². The van der Waals surface area contributed by atoms with Gasteiger partial charge in [-0.25, -0.2) is 0 Å². The lowest BCUT2D eigenvalue weighted by Crippen LogP contribution is -2.59. The van der Waals surface area contributed by atoms with Crippen molar-refractivity contribution in [1.29, 1.82) is 0 Å². The molecule has 1 fully saturated rings. The molecule has 2 N–H and O–H groups in total. The van der Waals surface area contributed by atoms with Crippen molar-refractivity contribution in [1.82, 2.24) is 10.2 Å². The molecule has 2 rings (SSSR count). The minimum atomic E-state index is -3.81. The third kappa shape index (κ3) is 2.80. The molecule has 5 nitrogen and oxygen atoms in total. The Balaban J connectivity index is 1.98. The lowest BCUT2D eigenvalue weighted by molar-refractivity contribution is -0.212. The van der Waals surface area contributed by atoms with E-state index in [1.165, 1.54) is 0 Å². The van der Waals surface area contributed by atoms with Gasteiger partial charge >= 0.3 is 5.92 Å². The number of anilines is 1. The molecule has 1 saturated carbocycles. The highest BCUT2D eigenvalue weighted by atomic mass is 32.1. The molecule has 1 aromatic heterocycles. The van der Waals surface area contributed by atoms with Crippen molar-refractivity contribution in [2.24, 2.45) is 0 Å². The van der Waals surface area contributed by atoms with Crippen LogP contribution < -0.4 is 5.32 Å². The van der Waals surface area contributed by atoms with Crippen molar-refractivity contribution < 1.29 is 18.7 Å². The topological polar surface area (TPSA) is 75.1 Å². The van der Waals surface area contributed by atoms with Crippen molar-refractivity contribution in [3.8, 4) is 0 Å². The number of hydrogen-bond acceptors (Lipinski definition) is 5. The third-order valence-electron chi connectivity index (χ3n) is 3.48. The molecule has 0 atom stereocenters. The van der Waals surface area contributed by atoms with E-state index in [1.807, 2.05) is 12.2 Å². The van der Waals surface area contributed by atoms with E-state index in [2.05, 4.69) is 10.2 Å². The zero-order valence-corrected chi connectivity index (χ0v) is 12.0. The molecule has 8 heteroatoms. The summed E-state index contributed by atoms with van der Waals surface area (Å²) >= 11 is 1.08. The molecule has 1 heterocycles. The number of carbonyl (C=O) groups excluding carboxylic acids is 1. The standard InChI is InChI=1S/C12H17F2N3O2S/c1-2-3-5-8-16-17-10(20-8)15-9(18)12(13,14)11(19)6-4-7-11/h19H,2-7H2,1H3,(H,15,17,18). The van der Waals surface area contributed by atoms with Gasteiger partial charge in [-0.15, -0.1) is 10.2 Å². The number of alkyl halides is 2. The van der Waals surface area contributed by atoms with Gasteiger partial charge in [-0.2, -0.15) is 8.78 Å². The molecule has 0 radical (unpaired) electrons. The summed E-state index contributed by atoms with van der Waals surface area (Å²) < 4.78 is 27.7. The number of unbranched alkanes of at least 4 members (excludes halogenated alkanes) is 1. The summed E-state index contributed by atoms with van der Waals surface area (Å²) in [7, 11) is 0. The quantitative estimate of drug-likeness (QED) is 0.846. The van der Waals surface area contributed by atoms with Gasteiger partial charge in [0, 0.05) is 6.42 Å². The SMILES string of the molecule is CCCCc1nnc(NC(=O)C(F)(F)C2(O)CCC2)s1. The summed E-state index contributed by atoms with van der Waals surface area (Å²) in [5.41, 5.74) is -2.22. The van der Waals surface area contributed by atoms with E-state index in [9.17, 15) is 18.7 Å². The molecule has 1 aliphatic carbocycles. The molecule has 0 bridgehead atoms. The fourth-order valence-electron chi connectivity index (χ4n) is 1.95. The maximum absolute atomic E-state index is 13.8. The zero-order valence-electron chi connectivity index (χ0n) is 11.2. The molecule has 0 aromatic carbocycles. The molecule has 112 valence electrons. The molecule has 1 amide bonds. The fraction of sp³-hybridized carbons (Fsp3) is 0.750. The number of hydrogen-bond donors (Lipinski definition) is 2. The van der Waals surface area contributed by atoms with Gasteiger partial charge in [-0.05, 0) is 25.7 Å². The second-order valence-corrected chi connectivity index (χ2v) is 6.08. The minimum Gasteiger partial charge on any atom is -0.383 e. The average Bonchev–Trinajstić information content (AvgIpc) is 2.80. The maximum atomic E-state index is 13.8. The Bertz CT molecular complexity index is 489. The Hall–Kier alpha value is -1.15. The molecule has 1 aromatic rings. The first-order chi connectivity index (χ1) is 9.39. The molecule has 0 unspecified atom stereocenters. The average molecular weight is 305 g/mol. The second-order valence-electron chi connectivity index (χ2n) is 5.02. The van der Waals surface area contributed by atoms with E-state index >= 15 is 0 Å². The second kappa shape index (κ2) is 5.69. The molecular formula is C12H17F2N3O2S. The number of nitrogens with one attached hydrogen (secondary N) is 1. The molecule has 0 saturated heterocycles. The van der Waals surface area contributed by atoms with Crippen molar-refractivity contribution in [2.75, 3.05) is 5.32 Å².